The Balaban J connectivity index is 3.09. The minimum absolute atomic E-state index is 0.311. The van der Waals surface area contributed by atoms with Gasteiger partial charge in [0.25, 0.3) is 0 Å². The van der Waals surface area contributed by atoms with E-state index in [0.717, 1.165) is 6.92 Å². The minimum Gasteiger partial charge on any atom is -0.250 e. The summed E-state index contributed by atoms with van der Waals surface area (Å²) in [6.45, 7) is 3.13. The van der Waals surface area contributed by atoms with Crippen LogP contribution in [-0.4, -0.2) is 42.4 Å². The maximum Gasteiger partial charge on any atom is 0.460 e. The van der Waals surface area contributed by atoms with Gasteiger partial charge in [0.2, 0.25) is 6.04 Å². The molecular weight excluding hydrogens is 321 g/mol. The summed E-state index contributed by atoms with van der Waals surface area (Å²) >= 11 is 0. The third kappa shape index (κ3) is 2.51. The Bertz CT molecular complexity index is 468. The van der Waals surface area contributed by atoms with E-state index in [1.165, 1.54) is 0 Å². The van der Waals surface area contributed by atoms with Gasteiger partial charge in [0.05, 0.1) is 0 Å². The Labute approximate surface area is 112 Å². The van der Waals surface area contributed by atoms with E-state index < -0.39 is 47.3 Å². The fourth-order valence-corrected chi connectivity index (χ4v) is 1.64. The molecule has 1 N–H and O–H groups in total. The Kier molecular flexibility index (Phi) is 3.91. The SMILES string of the molecule is C=C(C)C(=O)[NH+]1CC1C(F)(F)C(F)(F)C(F)(F)C(F)(F)F. The van der Waals surface area contributed by atoms with Crippen molar-refractivity contribution in [2.24, 2.45) is 0 Å². The molecule has 0 aliphatic carbocycles. The van der Waals surface area contributed by atoms with Gasteiger partial charge in [0.1, 0.15) is 6.54 Å². The first-order valence-electron chi connectivity index (χ1n) is 5.35. The van der Waals surface area contributed by atoms with Crippen molar-refractivity contribution in [1.29, 1.82) is 0 Å². The highest BCUT2D eigenvalue weighted by Gasteiger charge is 2.87. The van der Waals surface area contributed by atoms with Crippen LogP contribution in [0, 0.1) is 0 Å². The molecule has 2 nitrogen and oxygen atoms in total. The molecule has 0 aromatic rings. The van der Waals surface area contributed by atoms with Crippen molar-refractivity contribution in [2.45, 2.75) is 36.9 Å². The Morgan fingerprint density at radius 3 is 1.76 bits per heavy atom. The second-order valence-electron chi connectivity index (χ2n) is 4.66. The molecule has 11 heteroatoms. The number of nitrogens with one attached hydrogen (secondary N) is 1. The maximum absolute atomic E-state index is 13.4. The number of hydrogen-bond acceptors (Lipinski definition) is 1. The Hall–Kier alpha value is -1.26. The Morgan fingerprint density at radius 1 is 1.00 bits per heavy atom. The number of amides is 1. The normalized spacial score (nSPS) is 23.9. The predicted octanol–water partition coefficient (Wildman–Crippen LogP) is 1.82. The van der Waals surface area contributed by atoms with Crippen LogP contribution in [0.5, 0.6) is 0 Å². The maximum atomic E-state index is 13.4. The van der Waals surface area contributed by atoms with E-state index in [1.807, 2.05) is 0 Å². The van der Waals surface area contributed by atoms with Crippen molar-refractivity contribution in [1.82, 2.24) is 0 Å². The van der Waals surface area contributed by atoms with Crippen molar-refractivity contribution in [3.05, 3.63) is 12.2 Å². The lowest BCUT2D eigenvalue weighted by Crippen LogP contribution is -3.00. The summed E-state index contributed by atoms with van der Waals surface area (Å²) in [5.74, 6) is -20.5. The van der Waals surface area contributed by atoms with Crippen LogP contribution in [0.4, 0.5) is 39.5 Å². The van der Waals surface area contributed by atoms with Crippen molar-refractivity contribution < 1.29 is 49.2 Å². The monoisotopic (exact) mass is 330 g/mol. The third-order valence-corrected chi connectivity index (χ3v) is 2.97. The third-order valence-electron chi connectivity index (χ3n) is 2.97. The standard InChI is InChI=1S/C10H8F9NO/c1-4(2)6(21)20-3-5(20)7(11,12)8(13,14)9(15,16)10(17,18)19/h5H,1,3H2,2H3/p+1. The first kappa shape index (κ1) is 17.8. The lowest BCUT2D eigenvalue weighted by atomic mass is 10.0. The van der Waals surface area contributed by atoms with E-state index in [4.69, 9.17) is 0 Å². The number of alkyl halides is 9. The Morgan fingerprint density at radius 2 is 1.43 bits per heavy atom. The number of rotatable bonds is 4. The first-order chi connectivity index (χ1) is 9.09. The van der Waals surface area contributed by atoms with Crippen molar-refractivity contribution in [3.8, 4) is 0 Å². The van der Waals surface area contributed by atoms with Gasteiger partial charge in [-0.25, -0.2) is 4.79 Å². The zero-order chi connectivity index (χ0) is 17.0. The molecule has 0 aromatic heterocycles. The molecule has 2 unspecified atom stereocenters. The number of halogens is 9. The number of carbonyl (C=O) groups excluding carboxylic acids is 1. The summed E-state index contributed by atoms with van der Waals surface area (Å²) in [6, 6.07) is -2.66. The molecule has 0 bridgehead atoms. The van der Waals surface area contributed by atoms with Gasteiger partial charge >= 0.3 is 29.9 Å². The number of carbonyl (C=O) groups is 1. The molecule has 0 radical (unpaired) electrons. The molecule has 122 valence electrons. The van der Waals surface area contributed by atoms with E-state index >= 15 is 0 Å². The first-order valence-corrected chi connectivity index (χ1v) is 5.35. The van der Waals surface area contributed by atoms with Crippen LogP contribution in [0.25, 0.3) is 0 Å². The lowest BCUT2D eigenvalue weighted by Gasteiger charge is -2.32. The summed E-state index contributed by atoms with van der Waals surface area (Å²) < 4.78 is 114. The molecule has 21 heavy (non-hydrogen) atoms. The molecule has 1 heterocycles. The smallest absolute Gasteiger partial charge is 0.250 e. The molecular formula is C10H9F9NO+. The summed E-state index contributed by atoms with van der Waals surface area (Å²) in [4.78, 5) is 10.4. The van der Waals surface area contributed by atoms with Crippen LogP contribution >= 0.6 is 0 Å². The highest BCUT2D eigenvalue weighted by Crippen LogP contribution is 2.54. The van der Waals surface area contributed by atoms with Gasteiger partial charge < -0.3 is 0 Å². The summed E-state index contributed by atoms with van der Waals surface area (Å²) in [6.07, 6.45) is -6.85. The van der Waals surface area contributed by atoms with Crippen LogP contribution in [0.2, 0.25) is 0 Å². The number of hydrogen-bond donors (Lipinski definition) is 1. The second-order valence-corrected chi connectivity index (χ2v) is 4.66. The van der Waals surface area contributed by atoms with Crippen LogP contribution in [0.3, 0.4) is 0 Å². The number of quaternary nitrogens is 1. The molecule has 0 saturated carbocycles. The zero-order valence-electron chi connectivity index (χ0n) is 10.3. The van der Waals surface area contributed by atoms with E-state index in [-0.39, 0.29) is 5.57 Å². The quantitative estimate of drug-likeness (QED) is 0.474. The van der Waals surface area contributed by atoms with Gasteiger partial charge in [-0.05, 0) is 6.92 Å². The fraction of sp³-hybridized carbons (Fsp3) is 0.700. The average molecular weight is 330 g/mol. The zero-order valence-corrected chi connectivity index (χ0v) is 10.3. The van der Waals surface area contributed by atoms with Gasteiger partial charge in [-0.15, -0.1) is 0 Å². The molecule has 0 spiro atoms. The van der Waals surface area contributed by atoms with Crippen molar-refractivity contribution >= 4 is 5.91 Å². The second kappa shape index (κ2) is 4.62. The van der Waals surface area contributed by atoms with Gasteiger partial charge in [-0.1, -0.05) is 6.58 Å². The van der Waals surface area contributed by atoms with Crippen LogP contribution in [0.1, 0.15) is 6.92 Å². The van der Waals surface area contributed by atoms with Gasteiger partial charge in [-0.3, -0.25) is 4.90 Å². The molecule has 1 aliphatic rings. The van der Waals surface area contributed by atoms with E-state index in [0.29, 0.717) is 0 Å². The molecule has 1 aliphatic heterocycles. The van der Waals surface area contributed by atoms with E-state index in [2.05, 4.69) is 6.58 Å². The minimum atomic E-state index is -6.93. The molecule has 1 amide bonds. The van der Waals surface area contributed by atoms with Crippen LogP contribution in [-0.2, 0) is 4.79 Å². The van der Waals surface area contributed by atoms with Crippen LogP contribution in [0.15, 0.2) is 12.2 Å². The van der Waals surface area contributed by atoms with Gasteiger partial charge in [0, 0.05) is 5.57 Å². The van der Waals surface area contributed by atoms with Gasteiger partial charge in [-0.2, -0.15) is 39.5 Å². The molecule has 1 fully saturated rings. The molecule has 2 atom stereocenters. The highest BCUT2D eigenvalue weighted by atomic mass is 19.4. The average Bonchev–Trinajstić information content (AvgIpc) is 3.05. The summed E-state index contributed by atoms with van der Waals surface area (Å²) in [5, 5.41) is 0. The lowest BCUT2D eigenvalue weighted by molar-refractivity contribution is -0.697. The van der Waals surface area contributed by atoms with Crippen molar-refractivity contribution in [2.75, 3.05) is 6.54 Å². The molecule has 0 aromatic carbocycles. The molecule has 1 saturated heterocycles. The largest absolute Gasteiger partial charge is 0.460 e. The van der Waals surface area contributed by atoms with Crippen molar-refractivity contribution in [3.63, 3.8) is 0 Å². The van der Waals surface area contributed by atoms with E-state index in [1.54, 1.807) is 0 Å². The highest BCUT2D eigenvalue weighted by molar-refractivity contribution is 5.85. The van der Waals surface area contributed by atoms with Gasteiger partial charge in [0.15, 0.2) is 0 Å². The topological polar surface area (TPSA) is 21.5 Å². The predicted molar refractivity (Wildman–Crippen MR) is 50.3 cm³/mol. The summed E-state index contributed by atoms with van der Waals surface area (Å²) in [7, 11) is 0. The fourth-order valence-electron chi connectivity index (χ4n) is 1.64. The van der Waals surface area contributed by atoms with E-state index in [9.17, 15) is 44.3 Å². The molecule has 1 rings (SSSR count). The van der Waals surface area contributed by atoms with Crippen LogP contribution < -0.4 is 4.90 Å². The summed E-state index contributed by atoms with van der Waals surface area (Å²) in [5.41, 5.74) is -0.311.